The molecule has 0 aliphatic carbocycles. The average molecular weight is 488 g/mol. The molecule has 0 aliphatic heterocycles. The second-order valence-corrected chi connectivity index (χ2v) is 9.66. The first-order valence-corrected chi connectivity index (χ1v) is 11.5. The van der Waals surface area contributed by atoms with Crippen molar-refractivity contribution in [2.24, 2.45) is 5.10 Å². The first-order valence-electron chi connectivity index (χ1n) is 9.11. The summed E-state index contributed by atoms with van der Waals surface area (Å²) >= 11 is 14.8. The molecule has 4 rings (SSSR count). The van der Waals surface area contributed by atoms with E-state index in [1.807, 2.05) is 36.4 Å². The summed E-state index contributed by atoms with van der Waals surface area (Å²) in [7, 11) is 0. The van der Waals surface area contributed by atoms with Crippen molar-refractivity contribution in [1.82, 2.24) is 5.43 Å². The number of carbonyl (C=O) groups excluding carboxylic acids is 2. The largest absolute Gasteiger partial charge is 0.321 e. The van der Waals surface area contributed by atoms with Gasteiger partial charge in [-0.15, -0.1) is 22.7 Å². The predicted molar refractivity (Wildman–Crippen MR) is 130 cm³/mol. The van der Waals surface area contributed by atoms with Crippen molar-refractivity contribution in [2.75, 3.05) is 5.32 Å². The highest BCUT2D eigenvalue weighted by atomic mass is 35.5. The number of benzene rings is 2. The monoisotopic (exact) mass is 487 g/mol. The fourth-order valence-corrected chi connectivity index (χ4v) is 5.18. The van der Waals surface area contributed by atoms with Crippen molar-refractivity contribution in [3.63, 3.8) is 0 Å². The summed E-state index contributed by atoms with van der Waals surface area (Å²) in [6.45, 7) is 1.79. The van der Waals surface area contributed by atoms with Crippen molar-refractivity contribution in [3.8, 4) is 0 Å². The van der Waals surface area contributed by atoms with E-state index in [0.717, 1.165) is 15.6 Å². The molecule has 0 unspecified atom stereocenters. The number of halogens is 2. The number of amides is 2. The summed E-state index contributed by atoms with van der Waals surface area (Å²) in [5, 5.41) is 8.28. The van der Waals surface area contributed by atoms with Crippen molar-refractivity contribution in [2.45, 2.75) is 6.92 Å². The molecule has 0 bridgehead atoms. The standard InChI is InChI=1S/C22H15Cl2N3O2S2/c1-12(26-27-22(29)20-19(24)15-4-2-3-5-16(15)31-20)13-6-8-14(9-7-13)25-21(28)17-10-11-18(23)30-17/h2-11H,1H3,(H,25,28)(H,27,29)/b26-12-. The van der Waals surface area contributed by atoms with Gasteiger partial charge in [0.25, 0.3) is 11.8 Å². The molecular formula is C22H15Cl2N3O2S2. The fourth-order valence-electron chi connectivity index (χ4n) is 2.83. The molecule has 2 amide bonds. The molecule has 0 saturated carbocycles. The molecule has 4 aromatic rings. The molecule has 0 aliphatic rings. The minimum absolute atomic E-state index is 0.220. The summed E-state index contributed by atoms with van der Waals surface area (Å²) in [6, 6.07) is 18.1. The Labute approximate surface area is 196 Å². The molecule has 9 heteroatoms. The maximum atomic E-state index is 12.5. The van der Waals surface area contributed by atoms with Gasteiger partial charge in [0.15, 0.2) is 0 Å². The molecule has 2 heterocycles. The van der Waals surface area contributed by atoms with Gasteiger partial charge >= 0.3 is 0 Å². The lowest BCUT2D eigenvalue weighted by Gasteiger charge is -2.06. The Kier molecular flexibility index (Phi) is 6.38. The van der Waals surface area contributed by atoms with Gasteiger partial charge in [-0.2, -0.15) is 5.10 Å². The Balaban J connectivity index is 1.42. The Morgan fingerprint density at radius 1 is 0.903 bits per heavy atom. The van der Waals surface area contributed by atoms with Crippen molar-refractivity contribution >= 4 is 79.2 Å². The van der Waals surface area contributed by atoms with Crippen LogP contribution in [0.1, 0.15) is 31.8 Å². The first kappa shape index (κ1) is 21.5. The number of hydrogen-bond donors (Lipinski definition) is 2. The molecule has 5 nitrogen and oxygen atoms in total. The molecule has 0 atom stereocenters. The van der Waals surface area contributed by atoms with Gasteiger partial charge in [-0.3, -0.25) is 9.59 Å². The molecule has 31 heavy (non-hydrogen) atoms. The zero-order valence-corrected chi connectivity index (χ0v) is 19.3. The van der Waals surface area contributed by atoms with E-state index in [1.54, 1.807) is 31.2 Å². The van der Waals surface area contributed by atoms with E-state index in [2.05, 4.69) is 15.8 Å². The van der Waals surface area contributed by atoms with E-state index in [-0.39, 0.29) is 11.8 Å². The van der Waals surface area contributed by atoms with Gasteiger partial charge in [0, 0.05) is 15.8 Å². The Morgan fingerprint density at radius 2 is 1.65 bits per heavy atom. The maximum absolute atomic E-state index is 12.5. The van der Waals surface area contributed by atoms with Crippen LogP contribution in [0.25, 0.3) is 10.1 Å². The van der Waals surface area contributed by atoms with Crippen LogP contribution in [-0.4, -0.2) is 17.5 Å². The van der Waals surface area contributed by atoms with Gasteiger partial charge in [-0.1, -0.05) is 53.5 Å². The molecule has 2 aromatic heterocycles. The second kappa shape index (κ2) is 9.20. The first-order chi connectivity index (χ1) is 14.9. The SMILES string of the molecule is C/C(=N/NC(=O)c1sc2ccccc2c1Cl)c1ccc(NC(=O)c2ccc(Cl)s2)cc1. The third-order valence-electron chi connectivity index (χ3n) is 4.42. The number of hydrogen-bond acceptors (Lipinski definition) is 5. The van der Waals surface area contributed by atoms with Crippen LogP contribution in [-0.2, 0) is 0 Å². The van der Waals surface area contributed by atoms with Crippen LogP contribution in [0.4, 0.5) is 5.69 Å². The van der Waals surface area contributed by atoms with Gasteiger partial charge in [-0.05, 0) is 42.8 Å². The van der Waals surface area contributed by atoms with Crippen LogP contribution in [0.15, 0.2) is 65.8 Å². The van der Waals surface area contributed by atoms with E-state index in [0.29, 0.717) is 30.5 Å². The van der Waals surface area contributed by atoms with Gasteiger partial charge in [0.05, 0.1) is 19.9 Å². The van der Waals surface area contributed by atoms with Gasteiger partial charge < -0.3 is 5.32 Å². The van der Waals surface area contributed by atoms with E-state index in [4.69, 9.17) is 23.2 Å². The zero-order valence-electron chi connectivity index (χ0n) is 16.1. The van der Waals surface area contributed by atoms with Gasteiger partial charge in [-0.25, -0.2) is 5.43 Å². The van der Waals surface area contributed by atoms with E-state index >= 15 is 0 Å². The molecule has 0 saturated heterocycles. The average Bonchev–Trinajstić information content (AvgIpc) is 3.36. The topological polar surface area (TPSA) is 70.6 Å². The third-order valence-corrected chi connectivity index (χ3v) is 7.33. The highest BCUT2D eigenvalue weighted by Gasteiger charge is 2.16. The Bertz CT molecular complexity index is 1310. The normalized spacial score (nSPS) is 11.5. The van der Waals surface area contributed by atoms with Crippen LogP contribution in [0, 0.1) is 0 Å². The van der Waals surface area contributed by atoms with Crippen molar-refractivity contribution in [3.05, 3.63) is 85.3 Å². The lowest BCUT2D eigenvalue weighted by molar-refractivity contribution is 0.0958. The van der Waals surface area contributed by atoms with Crippen LogP contribution in [0.5, 0.6) is 0 Å². The maximum Gasteiger partial charge on any atom is 0.283 e. The van der Waals surface area contributed by atoms with Crippen molar-refractivity contribution < 1.29 is 9.59 Å². The predicted octanol–water partition coefficient (Wildman–Crippen LogP) is 6.68. The smallest absolute Gasteiger partial charge is 0.283 e. The van der Waals surface area contributed by atoms with Crippen LogP contribution >= 0.6 is 45.9 Å². The number of nitrogens with zero attached hydrogens (tertiary/aromatic N) is 1. The molecule has 0 spiro atoms. The fraction of sp³-hybridized carbons (Fsp3) is 0.0455. The molecule has 0 radical (unpaired) electrons. The van der Waals surface area contributed by atoms with Gasteiger partial charge in [0.2, 0.25) is 0 Å². The summed E-state index contributed by atoms with van der Waals surface area (Å²) in [4.78, 5) is 25.7. The van der Waals surface area contributed by atoms with Gasteiger partial charge in [0.1, 0.15) is 4.88 Å². The molecule has 2 N–H and O–H groups in total. The van der Waals surface area contributed by atoms with Crippen LogP contribution < -0.4 is 10.7 Å². The second-order valence-electron chi connectivity index (χ2n) is 6.51. The zero-order chi connectivity index (χ0) is 22.0. The number of fused-ring (bicyclic) bond motifs is 1. The molecule has 2 aromatic carbocycles. The summed E-state index contributed by atoms with van der Waals surface area (Å²) in [5.41, 5.74) is 4.63. The Hall–Kier alpha value is -2.71. The van der Waals surface area contributed by atoms with Crippen molar-refractivity contribution in [1.29, 1.82) is 0 Å². The number of carbonyl (C=O) groups is 2. The molecular weight excluding hydrogens is 473 g/mol. The summed E-state index contributed by atoms with van der Waals surface area (Å²) in [5.74, 6) is -0.577. The number of hydrazone groups is 1. The number of nitrogens with one attached hydrogen (secondary N) is 2. The highest BCUT2D eigenvalue weighted by molar-refractivity contribution is 7.21. The van der Waals surface area contributed by atoms with Crippen LogP contribution in [0.2, 0.25) is 9.36 Å². The van der Waals surface area contributed by atoms with E-state index in [9.17, 15) is 9.59 Å². The lowest BCUT2D eigenvalue weighted by atomic mass is 10.1. The highest BCUT2D eigenvalue weighted by Crippen LogP contribution is 2.35. The van der Waals surface area contributed by atoms with Crippen LogP contribution in [0.3, 0.4) is 0 Å². The Morgan fingerprint density at radius 3 is 2.32 bits per heavy atom. The number of thiophene rings is 2. The quantitative estimate of drug-likeness (QED) is 0.243. The number of anilines is 1. The molecule has 0 fully saturated rings. The minimum Gasteiger partial charge on any atom is -0.321 e. The minimum atomic E-state index is -0.357. The number of rotatable bonds is 5. The summed E-state index contributed by atoms with van der Waals surface area (Å²) in [6.07, 6.45) is 0. The van der Waals surface area contributed by atoms with E-state index < -0.39 is 0 Å². The summed E-state index contributed by atoms with van der Waals surface area (Å²) < 4.78 is 1.51. The molecule has 156 valence electrons. The van der Waals surface area contributed by atoms with E-state index in [1.165, 1.54) is 22.7 Å². The lowest BCUT2D eigenvalue weighted by Crippen LogP contribution is -2.18. The third kappa shape index (κ3) is 4.80.